The van der Waals surface area contributed by atoms with E-state index in [1.807, 2.05) is 6.07 Å². The van der Waals surface area contributed by atoms with Crippen LogP contribution in [0.2, 0.25) is 0 Å². The Balaban J connectivity index is 2.19. The van der Waals surface area contributed by atoms with Gasteiger partial charge in [-0.05, 0) is 17.9 Å². The number of hydrogen-bond acceptors (Lipinski definition) is 1. The molecule has 12 heavy (non-hydrogen) atoms. The molecule has 0 amide bonds. The van der Waals surface area contributed by atoms with Gasteiger partial charge in [-0.15, -0.1) is 0 Å². The van der Waals surface area contributed by atoms with E-state index in [1.54, 1.807) is 0 Å². The van der Waals surface area contributed by atoms with Crippen molar-refractivity contribution in [2.24, 2.45) is 5.92 Å². The normalized spacial score (nSPS) is 29.1. The monoisotopic (exact) mass is 162 g/mol. The third-order valence-corrected chi connectivity index (χ3v) is 2.52. The molecule has 1 fully saturated rings. The molecule has 1 aromatic rings. The molecule has 1 heteroatoms. The number of ether oxygens (including phenoxy) is 1. The van der Waals surface area contributed by atoms with E-state index in [4.69, 9.17) is 4.74 Å². The number of rotatable bonds is 1. The Morgan fingerprint density at radius 3 is 2.58 bits per heavy atom. The summed E-state index contributed by atoms with van der Waals surface area (Å²) in [7, 11) is 0. The number of hydrogen-bond donors (Lipinski definition) is 0. The molecule has 0 aromatic heterocycles. The van der Waals surface area contributed by atoms with Crippen LogP contribution in [-0.4, -0.2) is 6.61 Å². The molecule has 1 aromatic carbocycles. The standard InChI is InChI=1S/C11H14O/c1-9-7-8-12-11(9)10-5-3-2-4-6-10/h2-6,9,11H,7-8H2,1H3/t9-,11+/m1/s1. The van der Waals surface area contributed by atoms with Crippen LogP contribution in [0.4, 0.5) is 0 Å². The Hall–Kier alpha value is -0.820. The van der Waals surface area contributed by atoms with Gasteiger partial charge < -0.3 is 4.74 Å². The van der Waals surface area contributed by atoms with Gasteiger partial charge in [-0.1, -0.05) is 37.3 Å². The molecule has 64 valence electrons. The van der Waals surface area contributed by atoms with E-state index in [9.17, 15) is 0 Å². The lowest BCUT2D eigenvalue weighted by Gasteiger charge is -2.14. The second-order valence-corrected chi connectivity index (χ2v) is 3.47. The Morgan fingerprint density at radius 2 is 2.00 bits per heavy atom. The van der Waals surface area contributed by atoms with Crippen molar-refractivity contribution in [1.82, 2.24) is 0 Å². The van der Waals surface area contributed by atoms with Crippen LogP contribution >= 0.6 is 0 Å². The molecular weight excluding hydrogens is 148 g/mol. The third kappa shape index (κ3) is 1.37. The van der Waals surface area contributed by atoms with Crippen LogP contribution in [0.15, 0.2) is 30.3 Å². The summed E-state index contributed by atoms with van der Waals surface area (Å²) in [5.41, 5.74) is 1.32. The molecule has 0 radical (unpaired) electrons. The topological polar surface area (TPSA) is 9.23 Å². The largest absolute Gasteiger partial charge is 0.373 e. The van der Waals surface area contributed by atoms with Crippen molar-refractivity contribution in [1.29, 1.82) is 0 Å². The van der Waals surface area contributed by atoms with Crippen LogP contribution in [0.1, 0.15) is 25.0 Å². The second-order valence-electron chi connectivity index (χ2n) is 3.47. The van der Waals surface area contributed by atoms with E-state index in [0.717, 1.165) is 6.61 Å². The van der Waals surface area contributed by atoms with Gasteiger partial charge in [-0.3, -0.25) is 0 Å². The summed E-state index contributed by atoms with van der Waals surface area (Å²) < 4.78 is 5.65. The lowest BCUT2D eigenvalue weighted by atomic mass is 9.97. The maximum Gasteiger partial charge on any atom is 0.0851 e. The average molecular weight is 162 g/mol. The zero-order valence-corrected chi connectivity index (χ0v) is 7.36. The summed E-state index contributed by atoms with van der Waals surface area (Å²) in [5.74, 6) is 0.674. The second kappa shape index (κ2) is 3.28. The molecule has 1 heterocycles. The molecule has 0 aliphatic carbocycles. The minimum atomic E-state index is 0.339. The zero-order valence-electron chi connectivity index (χ0n) is 7.36. The fourth-order valence-corrected chi connectivity index (χ4v) is 1.76. The van der Waals surface area contributed by atoms with Gasteiger partial charge in [0.05, 0.1) is 6.10 Å². The summed E-state index contributed by atoms with van der Waals surface area (Å²) in [6, 6.07) is 10.5. The predicted molar refractivity (Wildman–Crippen MR) is 48.9 cm³/mol. The van der Waals surface area contributed by atoms with Crippen molar-refractivity contribution in [3.05, 3.63) is 35.9 Å². The first-order valence-corrected chi connectivity index (χ1v) is 4.54. The predicted octanol–water partition coefficient (Wildman–Crippen LogP) is 2.78. The highest BCUT2D eigenvalue weighted by Gasteiger charge is 2.25. The van der Waals surface area contributed by atoms with Gasteiger partial charge in [0.2, 0.25) is 0 Å². The summed E-state index contributed by atoms with van der Waals surface area (Å²) >= 11 is 0. The molecule has 0 bridgehead atoms. The van der Waals surface area contributed by atoms with Crippen LogP contribution in [-0.2, 0) is 4.74 Å². The lowest BCUT2D eigenvalue weighted by molar-refractivity contribution is 0.0945. The van der Waals surface area contributed by atoms with Crippen LogP contribution < -0.4 is 0 Å². The molecule has 2 rings (SSSR count). The number of benzene rings is 1. The minimum Gasteiger partial charge on any atom is -0.373 e. The van der Waals surface area contributed by atoms with E-state index in [2.05, 4.69) is 31.2 Å². The van der Waals surface area contributed by atoms with E-state index in [1.165, 1.54) is 12.0 Å². The highest BCUT2D eigenvalue weighted by atomic mass is 16.5. The summed E-state index contributed by atoms with van der Waals surface area (Å²) in [6.45, 7) is 3.17. The van der Waals surface area contributed by atoms with Crippen LogP contribution in [0.5, 0.6) is 0 Å². The van der Waals surface area contributed by atoms with Crippen molar-refractivity contribution in [2.75, 3.05) is 6.61 Å². The summed E-state index contributed by atoms with van der Waals surface area (Å²) in [4.78, 5) is 0. The van der Waals surface area contributed by atoms with Gasteiger partial charge in [-0.25, -0.2) is 0 Å². The van der Waals surface area contributed by atoms with E-state index >= 15 is 0 Å². The van der Waals surface area contributed by atoms with Gasteiger partial charge in [0.15, 0.2) is 0 Å². The highest BCUT2D eigenvalue weighted by Crippen LogP contribution is 2.33. The molecule has 1 nitrogen and oxygen atoms in total. The van der Waals surface area contributed by atoms with Crippen LogP contribution in [0.25, 0.3) is 0 Å². The first-order valence-electron chi connectivity index (χ1n) is 4.54. The van der Waals surface area contributed by atoms with Gasteiger partial charge in [-0.2, -0.15) is 0 Å². The summed E-state index contributed by atoms with van der Waals surface area (Å²) in [5, 5.41) is 0. The van der Waals surface area contributed by atoms with Gasteiger partial charge in [0.1, 0.15) is 0 Å². The Morgan fingerprint density at radius 1 is 1.25 bits per heavy atom. The van der Waals surface area contributed by atoms with Gasteiger partial charge in [0, 0.05) is 6.61 Å². The molecule has 0 saturated carbocycles. The van der Waals surface area contributed by atoms with Crippen molar-refractivity contribution in [3.63, 3.8) is 0 Å². The Kier molecular flexibility index (Phi) is 2.13. The van der Waals surface area contributed by atoms with E-state index < -0.39 is 0 Å². The van der Waals surface area contributed by atoms with Crippen molar-refractivity contribution in [3.8, 4) is 0 Å². The maximum atomic E-state index is 5.65. The molecule has 0 N–H and O–H groups in total. The smallest absolute Gasteiger partial charge is 0.0851 e. The van der Waals surface area contributed by atoms with Crippen LogP contribution in [0, 0.1) is 5.92 Å². The molecular formula is C11H14O. The average Bonchev–Trinajstić information content (AvgIpc) is 2.53. The zero-order chi connectivity index (χ0) is 8.39. The molecule has 1 aliphatic heterocycles. The quantitative estimate of drug-likeness (QED) is 0.617. The third-order valence-electron chi connectivity index (χ3n) is 2.52. The highest BCUT2D eigenvalue weighted by molar-refractivity contribution is 5.18. The Bertz CT molecular complexity index is 242. The molecule has 0 unspecified atom stereocenters. The molecule has 1 aliphatic rings. The van der Waals surface area contributed by atoms with Gasteiger partial charge >= 0.3 is 0 Å². The SMILES string of the molecule is C[C@@H]1CCO[C@@H]1c1ccccc1. The van der Waals surface area contributed by atoms with Gasteiger partial charge in [0.25, 0.3) is 0 Å². The van der Waals surface area contributed by atoms with Crippen molar-refractivity contribution < 1.29 is 4.74 Å². The molecule has 2 atom stereocenters. The fourth-order valence-electron chi connectivity index (χ4n) is 1.76. The van der Waals surface area contributed by atoms with Crippen molar-refractivity contribution in [2.45, 2.75) is 19.4 Å². The maximum absolute atomic E-state index is 5.65. The van der Waals surface area contributed by atoms with E-state index in [0.29, 0.717) is 12.0 Å². The minimum absolute atomic E-state index is 0.339. The molecule has 1 saturated heterocycles. The first kappa shape index (κ1) is 7.81. The van der Waals surface area contributed by atoms with E-state index in [-0.39, 0.29) is 0 Å². The van der Waals surface area contributed by atoms with Crippen LogP contribution in [0.3, 0.4) is 0 Å². The Labute approximate surface area is 73.4 Å². The lowest BCUT2D eigenvalue weighted by Crippen LogP contribution is -2.02. The first-order chi connectivity index (χ1) is 5.88. The molecule has 0 spiro atoms. The fraction of sp³-hybridized carbons (Fsp3) is 0.455. The summed E-state index contributed by atoms with van der Waals surface area (Å²) in [6.07, 6.45) is 1.53. The van der Waals surface area contributed by atoms with Crippen molar-refractivity contribution >= 4 is 0 Å².